The van der Waals surface area contributed by atoms with Gasteiger partial charge in [-0.25, -0.2) is 4.79 Å². The molecule has 2 N–H and O–H groups in total. The second-order valence-electron chi connectivity index (χ2n) is 7.15. The average Bonchev–Trinajstić information content (AvgIpc) is 2.78. The first-order chi connectivity index (χ1) is 14.9. The molecule has 166 valence electrons. The number of amides is 3. The highest BCUT2D eigenvalue weighted by Gasteiger charge is 2.22. The van der Waals surface area contributed by atoms with Crippen LogP contribution in [0.3, 0.4) is 0 Å². The van der Waals surface area contributed by atoms with Gasteiger partial charge in [0.25, 0.3) is 0 Å². The van der Waals surface area contributed by atoms with Crippen molar-refractivity contribution in [3.8, 4) is 11.5 Å². The number of carbonyl (C=O) groups is 2. The summed E-state index contributed by atoms with van der Waals surface area (Å²) in [4.78, 5) is 26.3. The van der Waals surface area contributed by atoms with Gasteiger partial charge in [-0.15, -0.1) is 0 Å². The quantitative estimate of drug-likeness (QED) is 0.651. The molecule has 0 aliphatic carbocycles. The molecular weight excluding hydrogens is 441 g/mol. The van der Waals surface area contributed by atoms with E-state index in [9.17, 15) is 9.59 Å². The van der Waals surface area contributed by atoms with Crippen LogP contribution in [-0.2, 0) is 24.3 Å². The number of nitrogens with zero attached hydrogens (tertiary/aromatic N) is 1. The van der Waals surface area contributed by atoms with Crippen LogP contribution in [-0.4, -0.2) is 44.1 Å². The van der Waals surface area contributed by atoms with Gasteiger partial charge in [0, 0.05) is 32.6 Å². The zero-order chi connectivity index (χ0) is 22.4. The summed E-state index contributed by atoms with van der Waals surface area (Å²) in [5.41, 5.74) is 3.02. The Bertz CT molecular complexity index is 968. The summed E-state index contributed by atoms with van der Waals surface area (Å²) in [6.45, 7) is 1.67. The highest BCUT2D eigenvalue weighted by molar-refractivity contribution is 6.42. The summed E-state index contributed by atoms with van der Waals surface area (Å²) in [5, 5.41) is 6.53. The maximum atomic E-state index is 12.5. The van der Waals surface area contributed by atoms with E-state index in [-0.39, 0.29) is 24.9 Å². The Kier molecular flexibility index (Phi) is 7.87. The van der Waals surface area contributed by atoms with Crippen LogP contribution in [0.15, 0.2) is 30.3 Å². The summed E-state index contributed by atoms with van der Waals surface area (Å²) in [6, 6.07) is 8.87. The van der Waals surface area contributed by atoms with Crippen LogP contribution in [0.25, 0.3) is 0 Å². The summed E-state index contributed by atoms with van der Waals surface area (Å²) in [5.74, 6) is 1.17. The van der Waals surface area contributed by atoms with E-state index < -0.39 is 0 Å². The minimum atomic E-state index is -0.197. The molecule has 2 aromatic rings. The van der Waals surface area contributed by atoms with Gasteiger partial charge in [0.05, 0.1) is 24.3 Å². The number of halogens is 2. The number of rotatable bonds is 7. The van der Waals surface area contributed by atoms with Gasteiger partial charge in [-0.05, 0) is 47.4 Å². The minimum Gasteiger partial charge on any atom is -0.493 e. The van der Waals surface area contributed by atoms with E-state index in [1.165, 1.54) is 0 Å². The van der Waals surface area contributed by atoms with Crippen molar-refractivity contribution in [1.82, 2.24) is 15.5 Å². The van der Waals surface area contributed by atoms with Gasteiger partial charge in [0.2, 0.25) is 5.91 Å². The predicted molar refractivity (Wildman–Crippen MR) is 120 cm³/mol. The first-order valence-electron chi connectivity index (χ1n) is 9.88. The van der Waals surface area contributed by atoms with Gasteiger partial charge < -0.3 is 25.0 Å². The zero-order valence-corrected chi connectivity index (χ0v) is 19.0. The number of benzene rings is 2. The molecule has 0 fully saturated rings. The molecule has 9 heteroatoms. The summed E-state index contributed by atoms with van der Waals surface area (Å²) in [6.07, 6.45) is 0.912. The fourth-order valence-corrected chi connectivity index (χ4v) is 3.71. The second-order valence-corrected chi connectivity index (χ2v) is 7.97. The normalized spacial score (nSPS) is 12.7. The number of fused-ring (bicyclic) bond motifs is 1. The zero-order valence-electron chi connectivity index (χ0n) is 17.5. The maximum Gasteiger partial charge on any atom is 0.317 e. The Balaban J connectivity index is 1.44. The van der Waals surface area contributed by atoms with Crippen molar-refractivity contribution in [3.63, 3.8) is 0 Å². The van der Waals surface area contributed by atoms with Gasteiger partial charge in [-0.1, -0.05) is 29.3 Å². The molecule has 0 saturated heterocycles. The van der Waals surface area contributed by atoms with Gasteiger partial charge in [-0.2, -0.15) is 0 Å². The first kappa shape index (κ1) is 23.0. The predicted octanol–water partition coefficient (Wildman–Crippen LogP) is 3.78. The van der Waals surface area contributed by atoms with E-state index in [1.807, 2.05) is 12.1 Å². The third-order valence-corrected chi connectivity index (χ3v) is 5.85. The molecule has 31 heavy (non-hydrogen) atoms. The standard InChI is InChI=1S/C22H25Cl2N3O4/c1-30-19-10-15-6-8-27(13-16(15)11-20(19)31-2)22(29)25-7-5-21(28)26-12-14-3-4-17(23)18(24)9-14/h3-4,9-11H,5-8,12-13H2,1-2H3,(H,25,29)(H,26,28). The summed E-state index contributed by atoms with van der Waals surface area (Å²) >= 11 is 11.9. The van der Waals surface area contributed by atoms with Crippen molar-refractivity contribution in [2.75, 3.05) is 27.3 Å². The van der Waals surface area contributed by atoms with Crippen LogP contribution in [0.4, 0.5) is 4.79 Å². The lowest BCUT2D eigenvalue weighted by Gasteiger charge is -2.29. The average molecular weight is 466 g/mol. The first-order valence-corrected chi connectivity index (χ1v) is 10.6. The molecular formula is C22H25Cl2N3O4. The fraction of sp³-hybridized carbons (Fsp3) is 0.364. The third kappa shape index (κ3) is 5.95. The number of ether oxygens (including phenoxy) is 2. The minimum absolute atomic E-state index is 0.160. The van der Waals surface area contributed by atoms with E-state index in [2.05, 4.69) is 10.6 Å². The van der Waals surface area contributed by atoms with Crippen LogP contribution >= 0.6 is 23.2 Å². The summed E-state index contributed by atoms with van der Waals surface area (Å²) in [7, 11) is 3.19. The van der Waals surface area contributed by atoms with Crippen molar-refractivity contribution in [1.29, 1.82) is 0 Å². The molecule has 0 saturated carbocycles. The van der Waals surface area contributed by atoms with E-state index in [1.54, 1.807) is 37.3 Å². The number of hydrogen-bond acceptors (Lipinski definition) is 4. The van der Waals surface area contributed by atoms with Crippen molar-refractivity contribution in [3.05, 3.63) is 57.1 Å². The lowest BCUT2D eigenvalue weighted by Crippen LogP contribution is -2.43. The van der Waals surface area contributed by atoms with Crippen molar-refractivity contribution in [2.24, 2.45) is 0 Å². The highest BCUT2D eigenvalue weighted by atomic mass is 35.5. The molecule has 0 radical (unpaired) electrons. The molecule has 0 aromatic heterocycles. The SMILES string of the molecule is COc1cc2c(cc1OC)CN(C(=O)NCCC(=O)NCc1ccc(Cl)c(Cl)c1)CC2. The lowest BCUT2D eigenvalue weighted by atomic mass is 9.99. The molecule has 1 heterocycles. The summed E-state index contributed by atoms with van der Waals surface area (Å²) < 4.78 is 10.7. The van der Waals surface area contributed by atoms with Crippen LogP contribution in [0.5, 0.6) is 11.5 Å². The van der Waals surface area contributed by atoms with E-state index >= 15 is 0 Å². The molecule has 0 bridgehead atoms. The third-order valence-electron chi connectivity index (χ3n) is 5.11. The Morgan fingerprint density at radius 2 is 1.71 bits per heavy atom. The van der Waals surface area contributed by atoms with Gasteiger partial charge in [0.15, 0.2) is 11.5 Å². The molecule has 1 aliphatic rings. The number of methoxy groups -OCH3 is 2. The Hall–Kier alpha value is -2.64. The number of urea groups is 1. The topological polar surface area (TPSA) is 79.9 Å². The molecule has 0 atom stereocenters. The second kappa shape index (κ2) is 10.6. The molecule has 0 unspecified atom stereocenters. The van der Waals surface area contributed by atoms with Crippen LogP contribution in [0, 0.1) is 0 Å². The van der Waals surface area contributed by atoms with Crippen molar-refractivity contribution < 1.29 is 19.1 Å². The van der Waals surface area contributed by atoms with Gasteiger partial charge >= 0.3 is 6.03 Å². The van der Waals surface area contributed by atoms with E-state index in [4.69, 9.17) is 32.7 Å². The Morgan fingerprint density at radius 3 is 2.39 bits per heavy atom. The number of nitrogens with one attached hydrogen (secondary N) is 2. The molecule has 0 spiro atoms. The molecule has 7 nitrogen and oxygen atoms in total. The Morgan fingerprint density at radius 1 is 1.00 bits per heavy atom. The molecule has 1 aliphatic heterocycles. The number of hydrogen-bond donors (Lipinski definition) is 2. The smallest absolute Gasteiger partial charge is 0.317 e. The highest BCUT2D eigenvalue weighted by Crippen LogP contribution is 2.33. The number of carbonyl (C=O) groups excluding carboxylic acids is 2. The van der Waals surface area contributed by atoms with E-state index in [0.717, 1.165) is 23.1 Å². The Labute approximate surface area is 191 Å². The monoisotopic (exact) mass is 465 g/mol. The van der Waals surface area contributed by atoms with Crippen LogP contribution < -0.4 is 20.1 Å². The molecule has 2 aromatic carbocycles. The van der Waals surface area contributed by atoms with Gasteiger partial charge in [0.1, 0.15) is 0 Å². The fourth-order valence-electron chi connectivity index (χ4n) is 3.39. The molecule has 3 rings (SSSR count). The van der Waals surface area contributed by atoms with Crippen molar-refractivity contribution in [2.45, 2.75) is 25.9 Å². The van der Waals surface area contributed by atoms with Crippen LogP contribution in [0.1, 0.15) is 23.1 Å². The van der Waals surface area contributed by atoms with Crippen molar-refractivity contribution >= 4 is 35.1 Å². The van der Waals surface area contributed by atoms with Crippen LogP contribution in [0.2, 0.25) is 10.0 Å². The van der Waals surface area contributed by atoms with Gasteiger partial charge in [-0.3, -0.25) is 4.79 Å². The van der Waals surface area contributed by atoms with E-state index in [0.29, 0.717) is 41.2 Å². The molecule has 3 amide bonds. The lowest BCUT2D eigenvalue weighted by molar-refractivity contribution is -0.121. The maximum absolute atomic E-state index is 12.5. The largest absolute Gasteiger partial charge is 0.493 e.